The second kappa shape index (κ2) is 10.6. The Hall–Kier alpha value is -2.87. The Morgan fingerprint density at radius 3 is 2.35 bits per heavy atom. The number of amides is 2. The molecule has 1 aliphatic heterocycles. The highest BCUT2D eigenvalue weighted by molar-refractivity contribution is 7.92. The highest BCUT2D eigenvalue weighted by Crippen LogP contribution is 2.32. The van der Waals surface area contributed by atoms with Crippen LogP contribution in [0.2, 0.25) is 0 Å². The van der Waals surface area contributed by atoms with Crippen molar-refractivity contribution in [2.24, 2.45) is 5.92 Å². The Labute approximate surface area is 202 Å². The molecule has 1 saturated carbocycles. The monoisotopic (exact) mass is 483 g/mol. The van der Waals surface area contributed by atoms with Gasteiger partial charge in [-0.25, -0.2) is 8.42 Å². The highest BCUT2D eigenvalue weighted by Gasteiger charge is 2.35. The summed E-state index contributed by atoms with van der Waals surface area (Å²) in [7, 11) is -3.83. The van der Waals surface area contributed by atoms with Crippen LogP contribution in [-0.4, -0.2) is 44.3 Å². The summed E-state index contributed by atoms with van der Waals surface area (Å²) in [5, 5.41) is 3.00. The van der Waals surface area contributed by atoms with Gasteiger partial charge in [0.1, 0.15) is 0 Å². The van der Waals surface area contributed by atoms with Crippen LogP contribution in [0.3, 0.4) is 0 Å². The first-order chi connectivity index (χ1) is 16.4. The van der Waals surface area contributed by atoms with Gasteiger partial charge >= 0.3 is 0 Å². The number of benzene rings is 2. The third-order valence-electron chi connectivity index (χ3n) is 6.50. The summed E-state index contributed by atoms with van der Waals surface area (Å²) in [6.45, 7) is 3.43. The molecule has 2 aromatic carbocycles. The van der Waals surface area contributed by atoms with Crippen LogP contribution in [0.1, 0.15) is 61.4 Å². The molecule has 1 aliphatic carbocycles. The molecule has 2 amide bonds. The van der Waals surface area contributed by atoms with Gasteiger partial charge in [0.25, 0.3) is 15.9 Å². The number of aryl methyl sites for hydroxylation is 1. The van der Waals surface area contributed by atoms with E-state index in [9.17, 15) is 18.0 Å². The molecule has 0 radical (unpaired) electrons. The van der Waals surface area contributed by atoms with Crippen molar-refractivity contribution in [2.45, 2.75) is 62.8 Å². The maximum Gasteiger partial charge on any atom is 0.261 e. The molecule has 0 bridgehead atoms. The molecule has 34 heavy (non-hydrogen) atoms. The van der Waals surface area contributed by atoms with Crippen molar-refractivity contribution in [2.75, 3.05) is 17.8 Å². The predicted molar refractivity (Wildman–Crippen MR) is 132 cm³/mol. The lowest BCUT2D eigenvalue weighted by Crippen LogP contribution is -2.47. The van der Waals surface area contributed by atoms with E-state index in [2.05, 4.69) is 17.0 Å². The van der Waals surface area contributed by atoms with Gasteiger partial charge in [-0.2, -0.15) is 0 Å². The largest absolute Gasteiger partial charge is 0.349 e. The highest BCUT2D eigenvalue weighted by atomic mass is 32.2. The molecule has 8 heteroatoms. The fraction of sp³-hybridized carbons (Fsp3) is 0.462. The third-order valence-corrected chi connectivity index (χ3v) is 7.88. The van der Waals surface area contributed by atoms with Gasteiger partial charge < -0.3 is 10.2 Å². The second-order valence-corrected chi connectivity index (χ2v) is 11.0. The Morgan fingerprint density at radius 2 is 1.71 bits per heavy atom. The van der Waals surface area contributed by atoms with E-state index in [-0.39, 0.29) is 28.7 Å². The summed E-state index contributed by atoms with van der Waals surface area (Å²) in [6.07, 6.45) is 6.57. The molecule has 7 nitrogen and oxygen atoms in total. The molecule has 2 fully saturated rings. The van der Waals surface area contributed by atoms with Gasteiger partial charge in [0.05, 0.1) is 4.90 Å². The normalized spacial score (nSPS) is 16.8. The number of rotatable bonds is 9. The summed E-state index contributed by atoms with van der Waals surface area (Å²) in [5.74, 6) is 0.151. The summed E-state index contributed by atoms with van der Waals surface area (Å²) in [4.78, 5) is 26.9. The summed E-state index contributed by atoms with van der Waals surface area (Å²) in [6, 6.07) is 13.4. The molecule has 1 saturated heterocycles. The van der Waals surface area contributed by atoms with E-state index in [0.717, 1.165) is 32.1 Å². The first-order valence-corrected chi connectivity index (χ1v) is 13.7. The number of sulfonamides is 1. The van der Waals surface area contributed by atoms with Crippen LogP contribution in [0, 0.1) is 5.92 Å². The fourth-order valence-corrected chi connectivity index (χ4v) is 5.34. The zero-order valence-electron chi connectivity index (χ0n) is 19.6. The molecule has 1 heterocycles. The number of carbonyl (C=O) groups excluding carboxylic acids is 2. The van der Waals surface area contributed by atoms with Gasteiger partial charge in [-0.3, -0.25) is 14.3 Å². The van der Waals surface area contributed by atoms with E-state index in [4.69, 9.17) is 0 Å². The minimum Gasteiger partial charge on any atom is -0.349 e. The maximum atomic E-state index is 12.9. The van der Waals surface area contributed by atoms with E-state index in [0.29, 0.717) is 37.2 Å². The van der Waals surface area contributed by atoms with Crippen molar-refractivity contribution in [3.8, 4) is 0 Å². The third kappa shape index (κ3) is 6.17. The molecule has 2 N–H and O–H groups in total. The minimum absolute atomic E-state index is 0.0274. The van der Waals surface area contributed by atoms with Crippen LogP contribution in [0.15, 0.2) is 53.4 Å². The van der Waals surface area contributed by atoms with Crippen molar-refractivity contribution in [3.05, 3.63) is 59.7 Å². The van der Waals surface area contributed by atoms with Gasteiger partial charge in [0.2, 0.25) is 5.91 Å². The van der Waals surface area contributed by atoms with Crippen molar-refractivity contribution in [3.63, 3.8) is 0 Å². The lowest BCUT2D eigenvalue weighted by Gasteiger charge is -2.32. The van der Waals surface area contributed by atoms with E-state index in [1.165, 1.54) is 17.7 Å². The Morgan fingerprint density at radius 1 is 1.00 bits per heavy atom. The second-order valence-electron chi connectivity index (χ2n) is 9.28. The topological polar surface area (TPSA) is 95.6 Å². The fourth-order valence-electron chi connectivity index (χ4n) is 4.24. The summed E-state index contributed by atoms with van der Waals surface area (Å²) in [5.41, 5.74) is 1.96. The minimum atomic E-state index is -3.83. The number of hydrogen-bond acceptors (Lipinski definition) is 4. The molecule has 4 rings (SSSR count). The molecular formula is C26H33N3O4S. The quantitative estimate of drug-likeness (QED) is 0.564. The van der Waals surface area contributed by atoms with Gasteiger partial charge in [0, 0.05) is 36.3 Å². The van der Waals surface area contributed by atoms with Crippen LogP contribution < -0.4 is 10.0 Å². The number of anilines is 1. The molecule has 0 spiro atoms. The van der Waals surface area contributed by atoms with Crippen LogP contribution in [0.4, 0.5) is 5.69 Å². The van der Waals surface area contributed by atoms with Crippen molar-refractivity contribution in [1.82, 2.24) is 10.2 Å². The van der Waals surface area contributed by atoms with Crippen LogP contribution >= 0.6 is 0 Å². The zero-order chi connectivity index (χ0) is 24.1. The Bertz CT molecular complexity index is 1120. The van der Waals surface area contributed by atoms with Gasteiger partial charge in [-0.1, -0.05) is 31.5 Å². The van der Waals surface area contributed by atoms with Crippen LogP contribution in [0.5, 0.6) is 0 Å². The summed E-state index contributed by atoms with van der Waals surface area (Å²) < 4.78 is 28.4. The average Bonchev–Trinajstić information content (AvgIpc) is 3.69. The van der Waals surface area contributed by atoms with Crippen LogP contribution in [0.25, 0.3) is 0 Å². The number of piperidine rings is 1. The number of likely N-dealkylation sites (tertiary alicyclic amines) is 1. The van der Waals surface area contributed by atoms with Crippen molar-refractivity contribution >= 4 is 27.5 Å². The predicted octanol–water partition coefficient (Wildman–Crippen LogP) is 3.96. The van der Waals surface area contributed by atoms with Crippen LogP contribution in [-0.2, 0) is 21.2 Å². The van der Waals surface area contributed by atoms with Crippen molar-refractivity contribution in [1.29, 1.82) is 0 Å². The average molecular weight is 484 g/mol. The van der Waals surface area contributed by atoms with Gasteiger partial charge in [-0.15, -0.1) is 0 Å². The van der Waals surface area contributed by atoms with Gasteiger partial charge in [-0.05, 0) is 74.4 Å². The zero-order valence-corrected chi connectivity index (χ0v) is 20.4. The van der Waals surface area contributed by atoms with E-state index < -0.39 is 10.0 Å². The first-order valence-electron chi connectivity index (χ1n) is 12.2. The summed E-state index contributed by atoms with van der Waals surface area (Å²) >= 11 is 0. The lowest BCUT2D eigenvalue weighted by atomic mass is 10.0. The molecule has 0 unspecified atom stereocenters. The van der Waals surface area contributed by atoms with E-state index in [1.807, 2.05) is 17.0 Å². The standard InChI is InChI=1S/C26H33N3O4S/c1-2-3-5-19-8-12-23(13-9-19)28-34(32,33)24-7-4-6-21(18-24)25(30)27-22-14-16-29(17-15-22)26(31)20-10-11-20/h4,6-9,12-13,18,20,22,28H,2-3,5,10-11,14-17H2,1H3,(H,27,30). The smallest absolute Gasteiger partial charge is 0.261 e. The maximum absolute atomic E-state index is 12.9. The molecular weight excluding hydrogens is 450 g/mol. The molecule has 0 aromatic heterocycles. The Balaban J connectivity index is 1.35. The number of nitrogens with zero attached hydrogens (tertiary/aromatic N) is 1. The Kier molecular flexibility index (Phi) is 7.56. The van der Waals surface area contributed by atoms with Crippen molar-refractivity contribution < 1.29 is 18.0 Å². The SMILES string of the molecule is CCCCc1ccc(NS(=O)(=O)c2cccc(C(=O)NC3CCN(C(=O)C4CC4)CC3)c2)cc1. The number of carbonyl (C=O) groups is 2. The lowest BCUT2D eigenvalue weighted by molar-refractivity contribution is -0.133. The molecule has 0 atom stereocenters. The molecule has 2 aliphatic rings. The number of nitrogens with one attached hydrogen (secondary N) is 2. The number of hydrogen-bond donors (Lipinski definition) is 2. The molecule has 2 aromatic rings. The van der Waals surface area contributed by atoms with E-state index in [1.54, 1.807) is 24.3 Å². The van der Waals surface area contributed by atoms with Gasteiger partial charge in [0.15, 0.2) is 0 Å². The van der Waals surface area contributed by atoms with E-state index >= 15 is 0 Å². The molecule has 182 valence electrons. The number of unbranched alkanes of at least 4 members (excludes halogenated alkanes) is 1. The first kappa shape index (κ1) is 24.3.